The van der Waals surface area contributed by atoms with E-state index in [9.17, 15) is 4.79 Å². The molecule has 0 atom stereocenters. The number of aryl methyl sites for hydroxylation is 1. The fourth-order valence-corrected chi connectivity index (χ4v) is 3.68. The molecule has 134 valence electrons. The van der Waals surface area contributed by atoms with Crippen molar-refractivity contribution >= 4 is 17.2 Å². The van der Waals surface area contributed by atoms with E-state index in [4.69, 9.17) is 0 Å². The molecule has 1 saturated heterocycles. The molecular weight excluding hydrogens is 348 g/mol. The first kappa shape index (κ1) is 16.9. The Hall–Kier alpha value is -2.58. The Morgan fingerprint density at radius 1 is 1.15 bits per heavy atom. The van der Waals surface area contributed by atoms with E-state index in [0.29, 0.717) is 24.5 Å². The molecule has 4 heterocycles. The number of hydrogen-bond acceptors (Lipinski definition) is 6. The van der Waals surface area contributed by atoms with Crippen molar-refractivity contribution in [1.29, 1.82) is 0 Å². The zero-order valence-electron chi connectivity index (χ0n) is 14.6. The number of imidazole rings is 1. The molecule has 26 heavy (non-hydrogen) atoms. The van der Waals surface area contributed by atoms with Crippen molar-refractivity contribution in [2.24, 2.45) is 7.05 Å². The SMILES string of the molecule is Cn1ccnc1CN1CCN(C(=O)c2cnc(-c3cccs3)nc2)CC1. The molecule has 1 aliphatic heterocycles. The van der Waals surface area contributed by atoms with E-state index in [1.807, 2.05) is 46.4 Å². The Morgan fingerprint density at radius 3 is 2.54 bits per heavy atom. The number of carbonyl (C=O) groups excluding carboxylic acids is 1. The average Bonchev–Trinajstić information content (AvgIpc) is 3.35. The molecule has 8 heteroatoms. The van der Waals surface area contributed by atoms with Crippen LogP contribution >= 0.6 is 11.3 Å². The fourth-order valence-electron chi connectivity index (χ4n) is 3.01. The summed E-state index contributed by atoms with van der Waals surface area (Å²) in [4.78, 5) is 30.9. The zero-order chi connectivity index (χ0) is 17.9. The standard InChI is InChI=1S/C18H20N6OS/c1-22-5-4-19-16(22)13-23-6-8-24(9-7-23)18(25)14-11-20-17(21-12-14)15-3-2-10-26-15/h2-5,10-12H,6-9,13H2,1H3. The second kappa shape index (κ2) is 7.35. The lowest BCUT2D eigenvalue weighted by atomic mass is 10.2. The van der Waals surface area contributed by atoms with Crippen LogP contribution in [0.1, 0.15) is 16.2 Å². The van der Waals surface area contributed by atoms with E-state index in [2.05, 4.69) is 19.9 Å². The maximum Gasteiger partial charge on any atom is 0.257 e. The lowest BCUT2D eigenvalue weighted by molar-refractivity contribution is 0.0623. The summed E-state index contributed by atoms with van der Waals surface area (Å²) in [7, 11) is 2.00. The topological polar surface area (TPSA) is 67.2 Å². The largest absolute Gasteiger partial charge is 0.337 e. The number of piperazine rings is 1. The van der Waals surface area contributed by atoms with Crippen LogP contribution in [0.25, 0.3) is 10.7 Å². The fraction of sp³-hybridized carbons (Fsp3) is 0.333. The average molecular weight is 368 g/mol. The molecule has 0 bridgehead atoms. The summed E-state index contributed by atoms with van der Waals surface area (Å²) in [5, 5.41) is 1.99. The highest BCUT2D eigenvalue weighted by molar-refractivity contribution is 7.13. The molecule has 3 aromatic heterocycles. The third-order valence-electron chi connectivity index (χ3n) is 4.59. The number of rotatable bonds is 4. The first-order chi connectivity index (χ1) is 12.7. The number of amides is 1. The van der Waals surface area contributed by atoms with Crippen molar-refractivity contribution in [1.82, 2.24) is 29.3 Å². The molecule has 0 saturated carbocycles. The minimum Gasteiger partial charge on any atom is -0.337 e. The summed E-state index contributed by atoms with van der Waals surface area (Å²) < 4.78 is 2.03. The Labute approximate surface area is 155 Å². The Morgan fingerprint density at radius 2 is 1.92 bits per heavy atom. The molecule has 0 aromatic carbocycles. The Kier molecular flexibility index (Phi) is 4.77. The summed E-state index contributed by atoms with van der Waals surface area (Å²) >= 11 is 1.59. The van der Waals surface area contributed by atoms with Gasteiger partial charge in [-0.3, -0.25) is 9.69 Å². The summed E-state index contributed by atoms with van der Waals surface area (Å²) in [6, 6.07) is 3.94. The Balaban J connectivity index is 1.35. The maximum atomic E-state index is 12.7. The number of aromatic nitrogens is 4. The van der Waals surface area contributed by atoms with E-state index in [-0.39, 0.29) is 5.91 Å². The summed E-state index contributed by atoms with van der Waals surface area (Å²) in [5.41, 5.74) is 0.544. The van der Waals surface area contributed by atoms with Crippen molar-refractivity contribution in [3.63, 3.8) is 0 Å². The highest BCUT2D eigenvalue weighted by Gasteiger charge is 2.23. The van der Waals surface area contributed by atoms with Crippen molar-refractivity contribution in [3.8, 4) is 10.7 Å². The minimum absolute atomic E-state index is 0.000582. The van der Waals surface area contributed by atoms with Gasteiger partial charge in [0, 0.05) is 58.0 Å². The quantitative estimate of drug-likeness (QED) is 0.704. The first-order valence-corrected chi connectivity index (χ1v) is 9.42. The van der Waals surface area contributed by atoms with Crippen LogP contribution in [0, 0.1) is 0 Å². The predicted octanol–water partition coefficient (Wildman–Crippen LogP) is 1.90. The summed E-state index contributed by atoms with van der Waals surface area (Å²) in [6.45, 7) is 3.90. The van der Waals surface area contributed by atoms with Gasteiger partial charge in [-0.2, -0.15) is 0 Å². The highest BCUT2D eigenvalue weighted by Crippen LogP contribution is 2.20. The first-order valence-electron chi connectivity index (χ1n) is 8.54. The molecule has 0 radical (unpaired) electrons. The van der Waals surface area contributed by atoms with Crippen molar-refractivity contribution in [3.05, 3.63) is 53.7 Å². The summed E-state index contributed by atoms with van der Waals surface area (Å²) in [5.74, 6) is 1.71. The molecule has 1 fully saturated rings. The number of thiophene rings is 1. The molecular formula is C18H20N6OS. The molecule has 7 nitrogen and oxygen atoms in total. The van der Waals surface area contributed by atoms with Crippen LogP contribution in [-0.2, 0) is 13.6 Å². The van der Waals surface area contributed by atoms with Crippen LogP contribution in [0.15, 0.2) is 42.3 Å². The van der Waals surface area contributed by atoms with Crippen LogP contribution in [0.3, 0.4) is 0 Å². The molecule has 1 aliphatic rings. The maximum absolute atomic E-state index is 12.7. The molecule has 0 spiro atoms. The lowest BCUT2D eigenvalue weighted by Gasteiger charge is -2.34. The van der Waals surface area contributed by atoms with Crippen LogP contribution < -0.4 is 0 Å². The number of carbonyl (C=O) groups is 1. The predicted molar refractivity (Wildman–Crippen MR) is 99.7 cm³/mol. The van der Waals surface area contributed by atoms with Crippen LogP contribution in [0.2, 0.25) is 0 Å². The molecule has 0 N–H and O–H groups in total. The van der Waals surface area contributed by atoms with Gasteiger partial charge in [-0.25, -0.2) is 15.0 Å². The van der Waals surface area contributed by atoms with Gasteiger partial charge in [-0.05, 0) is 11.4 Å². The van der Waals surface area contributed by atoms with Gasteiger partial charge in [0.2, 0.25) is 0 Å². The molecule has 4 rings (SSSR count). The van der Waals surface area contributed by atoms with Gasteiger partial charge in [-0.1, -0.05) is 6.07 Å². The number of nitrogens with zero attached hydrogens (tertiary/aromatic N) is 6. The zero-order valence-corrected chi connectivity index (χ0v) is 15.4. The van der Waals surface area contributed by atoms with E-state index < -0.39 is 0 Å². The highest BCUT2D eigenvalue weighted by atomic mass is 32.1. The smallest absolute Gasteiger partial charge is 0.257 e. The van der Waals surface area contributed by atoms with E-state index in [1.165, 1.54) is 0 Å². The molecule has 0 aliphatic carbocycles. The second-order valence-corrected chi connectivity index (χ2v) is 7.24. The summed E-state index contributed by atoms with van der Waals surface area (Å²) in [6.07, 6.45) is 7.03. The molecule has 1 amide bonds. The van der Waals surface area contributed by atoms with Gasteiger partial charge >= 0.3 is 0 Å². The van der Waals surface area contributed by atoms with Gasteiger partial charge in [0.25, 0.3) is 5.91 Å². The van der Waals surface area contributed by atoms with E-state index >= 15 is 0 Å². The van der Waals surface area contributed by atoms with Crippen LogP contribution in [0.5, 0.6) is 0 Å². The van der Waals surface area contributed by atoms with Gasteiger partial charge < -0.3 is 9.47 Å². The second-order valence-electron chi connectivity index (χ2n) is 6.30. The van der Waals surface area contributed by atoms with Crippen LogP contribution in [-0.4, -0.2) is 61.4 Å². The Bertz CT molecular complexity index is 865. The van der Waals surface area contributed by atoms with Crippen LogP contribution in [0.4, 0.5) is 0 Å². The third kappa shape index (κ3) is 3.51. The van der Waals surface area contributed by atoms with Gasteiger partial charge in [0.1, 0.15) is 5.82 Å². The number of hydrogen-bond donors (Lipinski definition) is 0. The van der Waals surface area contributed by atoms with Crippen molar-refractivity contribution in [2.75, 3.05) is 26.2 Å². The van der Waals surface area contributed by atoms with Gasteiger partial charge in [0.05, 0.1) is 17.0 Å². The monoisotopic (exact) mass is 368 g/mol. The van der Waals surface area contributed by atoms with Crippen molar-refractivity contribution in [2.45, 2.75) is 6.54 Å². The lowest BCUT2D eigenvalue weighted by Crippen LogP contribution is -2.48. The molecule has 0 unspecified atom stereocenters. The third-order valence-corrected chi connectivity index (χ3v) is 5.45. The van der Waals surface area contributed by atoms with Crippen molar-refractivity contribution < 1.29 is 4.79 Å². The minimum atomic E-state index is -0.000582. The van der Waals surface area contributed by atoms with Gasteiger partial charge in [-0.15, -0.1) is 11.3 Å². The normalized spacial score (nSPS) is 15.3. The molecule has 3 aromatic rings. The van der Waals surface area contributed by atoms with E-state index in [0.717, 1.165) is 30.3 Å². The van der Waals surface area contributed by atoms with Gasteiger partial charge in [0.15, 0.2) is 5.82 Å². The van der Waals surface area contributed by atoms with E-state index in [1.54, 1.807) is 23.7 Å².